The lowest BCUT2D eigenvalue weighted by atomic mass is 10.0. The molecule has 2 heterocycles. The Kier molecular flexibility index (Phi) is 6.32. The molecule has 9 heteroatoms. The molecule has 0 saturated carbocycles. The number of thiophene rings is 1. The van der Waals surface area contributed by atoms with Crippen LogP contribution in [0.1, 0.15) is 11.1 Å². The Bertz CT molecular complexity index is 1100. The van der Waals surface area contributed by atoms with Crippen LogP contribution in [0.15, 0.2) is 51.3 Å². The molecular formula is C19H12BrN5OS2. The molecule has 0 radical (unpaired) electrons. The van der Waals surface area contributed by atoms with E-state index < -0.39 is 0 Å². The van der Waals surface area contributed by atoms with E-state index in [0.717, 1.165) is 21.1 Å². The predicted molar refractivity (Wildman–Crippen MR) is 115 cm³/mol. The molecule has 0 bridgehead atoms. The minimum Gasteiger partial charge on any atom is -0.383 e. The van der Waals surface area contributed by atoms with Gasteiger partial charge in [0.25, 0.3) is 0 Å². The van der Waals surface area contributed by atoms with Crippen LogP contribution >= 0.6 is 39.0 Å². The third-order valence-corrected chi connectivity index (χ3v) is 6.04. The molecule has 1 amide bonds. The Labute approximate surface area is 178 Å². The SMILES string of the molecule is N#Cc1c(N)nc(SCC(=O)Nc2ccc(Br)cc2)c(C#N)c1-c1cccs1. The first kappa shape index (κ1) is 19.9. The second-order valence-electron chi connectivity index (χ2n) is 5.47. The molecule has 0 unspecified atom stereocenters. The number of aromatic nitrogens is 1. The van der Waals surface area contributed by atoms with Gasteiger partial charge in [0.05, 0.1) is 11.3 Å². The molecule has 3 N–H and O–H groups in total. The summed E-state index contributed by atoms with van der Waals surface area (Å²) in [6.07, 6.45) is 0. The lowest BCUT2D eigenvalue weighted by Crippen LogP contribution is -2.14. The van der Waals surface area contributed by atoms with Crippen LogP contribution in [0.3, 0.4) is 0 Å². The molecule has 0 spiro atoms. The monoisotopic (exact) mass is 469 g/mol. The van der Waals surface area contributed by atoms with Crippen LogP contribution in [0, 0.1) is 22.7 Å². The number of anilines is 2. The number of benzene rings is 1. The molecule has 3 aromatic rings. The maximum absolute atomic E-state index is 12.3. The zero-order valence-electron chi connectivity index (χ0n) is 14.3. The van der Waals surface area contributed by atoms with Gasteiger partial charge in [-0.15, -0.1) is 11.3 Å². The molecule has 0 fully saturated rings. The van der Waals surface area contributed by atoms with E-state index in [1.54, 1.807) is 12.1 Å². The molecule has 6 nitrogen and oxygen atoms in total. The van der Waals surface area contributed by atoms with Gasteiger partial charge < -0.3 is 11.1 Å². The van der Waals surface area contributed by atoms with Gasteiger partial charge in [0.15, 0.2) is 0 Å². The number of nitrogen functional groups attached to an aromatic ring is 1. The molecule has 3 rings (SSSR count). The van der Waals surface area contributed by atoms with Crippen molar-refractivity contribution in [3.05, 3.63) is 57.4 Å². The summed E-state index contributed by atoms with van der Waals surface area (Å²) >= 11 is 5.85. The molecule has 1 aromatic carbocycles. The van der Waals surface area contributed by atoms with Crippen molar-refractivity contribution in [2.24, 2.45) is 0 Å². The second-order valence-corrected chi connectivity index (χ2v) is 8.30. The van der Waals surface area contributed by atoms with Crippen LogP contribution in [-0.2, 0) is 4.79 Å². The molecular weight excluding hydrogens is 458 g/mol. The lowest BCUT2D eigenvalue weighted by molar-refractivity contribution is -0.113. The minimum absolute atomic E-state index is 0.0423. The van der Waals surface area contributed by atoms with Gasteiger partial charge in [-0.05, 0) is 35.7 Å². The van der Waals surface area contributed by atoms with Crippen molar-refractivity contribution in [3.8, 4) is 22.6 Å². The zero-order valence-corrected chi connectivity index (χ0v) is 17.5. The van der Waals surface area contributed by atoms with Gasteiger partial charge in [0.1, 0.15) is 28.5 Å². The number of nitrogens with two attached hydrogens (primary N) is 1. The molecule has 28 heavy (non-hydrogen) atoms. The fraction of sp³-hybridized carbons (Fsp3) is 0.0526. The Morgan fingerprint density at radius 3 is 2.54 bits per heavy atom. The van der Waals surface area contributed by atoms with E-state index >= 15 is 0 Å². The normalized spacial score (nSPS) is 10.1. The van der Waals surface area contributed by atoms with Gasteiger partial charge in [-0.2, -0.15) is 10.5 Å². The largest absolute Gasteiger partial charge is 0.383 e. The van der Waals surface area contributed by atoms with E-state index in [-0.39, 0.29) is 28.6 Å². The van der Waals surface area contributed by atoms with E-state index in [9.17, 15) is 15.3 Å². The summed E-state index contributed by atoms with van der Waals surface area (Å²) in [7, 11) is 0. The first-order valence-corrected chi connectivity index (χ1v) is 10.5. The minimum atomic E-state index is -0.237. The quantitative estimate of drug-likeness (QED) is 0.526. The Morgan fingerprint density at radius 2 is 1.93 bits per heavy atom. The van der Waals surface area contributed by atoms with Gasteiger partial charge in [-0.3, -0.25) is 4.79 Å². The standard InChI is InChI=1S/C19H12BrN5OS2/c20-11-3-5-12(6-4-11)24-16(26)10-28-19-14(9-22)17(15-2-1-7-27-15)13(8-21)18(23)25-19/h1-7H,10H2,(H2,23,25)(H,24,26). The fourth-order valence-electron chi connectivity index (χ4n) is 2.43. The smallest absolute Gasteiger partial charge is 0.234 e. The predicted octanol–water partition coefficient (Wildman–Crippen LogP) is 4.63. The summed E-state index contributed by atoms with van der Waals surface area (Å²) in [5, 5.41) is 24.1. The molecule has 2 aromatic heterocycles. The summed E-state index contributed by atoms with van der Waals surface area (Å²) in [4.78, 5) is 17.2. The average molecular weight is 470 g/mol. The number of carbonyl (C=O) groups excluding carboxylic acids is 1. The number of nitrogens with zero attached hydrogens (tertiary/aromatic N) is 3. The highest BCUT2D eigenvalue weighted by Crippen LogP contribution is 2.37. The summed E-state index contributed by atoms with van der Waals surface area (Å²) in [6.45, 7) is 0. The highest BCUT2D eigenvalue weighted by molar-refractivity contribution is 9.10. The number of hydrogen-bond donors (Lipinski definition) is 2. The second kappa shape index (κ2) is 8.89. The lowest BCUT2D eigenvalue weighted by Gasteiger charge is -2.11. The molecule has 138 valence electrons. The number of hydrogen-bond acceptors (Lipinski definition) is 7. The van der Waals surface area contributed by atoms with Crippen molar-refractivity contribution in [2.75, 3.05) is 16.8 Å². The van der Waals surface area contributed by atoms with Crippen LogP contribution in [0.4, 0.5) is 11.5 Å². The Morgan fingerprint density at radius 1 is 1.21 bits per heavy atom. The zero-order chi connectivity index (χ0) is 20.1. The van der Waals surface area contributed by atoms with E-state index in [4.69, 9.17) is 5.73 Å². The van der Waals surface area contributed by atoms with E-state index in [2.05, 4.69) is 32.3 Å². The van der Waals surface area contributed by atoms with E-state index in [0.29, 0.717) is 16.3 Å². The van der Waals surface area contributed by atoms with Crippen LogP contribution in [-0.4, -0.2) is 16.6 Å². The average Bonchev–Trinajstić information content (AvgIpc) is 3.22. The van der Waals surface area contributed by atoms with Crippen molar-refractivity contribution in [2.45, 2.75) is 5.03 Å². The number of nitriles is 2. The number of thioether (sulfide) groups is 1. The van der Waals surface area contributed by atoms with Crippen molar-refractivity contribution >= 4 is 56.4 Å². The number of carbonyl (C=O) groups is 1. The maximum atomic E-state index is 12.3. The molecule has 0 aliphatic carbocycles. The van der Waals surface area contributed by atoms with Gasteiger partial charge in [0.2, 0.25) is 5.91 Å². The summed E-state index contributed by atoms with van der Waals surface area (Å²) in [6, 6.07) is 15.0. The molecule has 0 atom stereocenters. The number of pyridine rings is 1. The third kappa shape index (κ3) is 4.34. The molecule has 0 aliphatic heterocycles. The fourth-order valence-corrected chi connectivity index (χ4v) is 4.28. The van der Waals surface area contributed by atoms with Crippen LogP contribution in [0.5, 0.6) is 0 Å². The molecule has 0 saturated heterocycles. The Hall–Kier alpha value is -2.85. The van der Waals surface area contributed by atoms with Gasteiger partial charge in [-0.1, -0.05) is 33.8 Å². The summed E-state index contributed by atoms with van der Waals surface area (Å²) < 4.78 is 0.914. The topological polar surface area (TPSA) is 116 Å². The Balaban J connectivity index is 1.86. The number of halogens is 1. The summed E-state index contributed by atoms with van der Waals surface area (Å²) in [5.74, 6) is -0.146. The first-order valence-electron chi connectivity index (χ1n) is 7.89. The summed E-state index contributed by atoms with van der Waals surface area (Å²) in [5.41, 5.74) is 7.49. The number of amides is 1. The van der Waals surface area contributed by atoms with Gasteiger partial charge >= 0.3 is 0 Å². The number of rotatable bonds is 5. The number of nitrogens with one attached hydrogen (secondary N) is 1. The van der Waals surface area contributed by atoms with Gasteiger partial charge in [-0.25, -0.2) is 4.98 Å². The van der Waals surface area contributed by atoms with Crippen molar-refractivity contribution < 1.29 is 4.79 Å². The van der Waals surface area contributed by atoms with Crippen molar-refractivity contribution in [1.82, 2.24) is 4.98 Å². The van der Waals surface area contributed by atoms with E-state index in [1.165, 1.54) is 11.3 Å². The van der Waals surface area contributed by atoms with E-state index in [1.807, 2.05) is 35.7 Å². The maximum Gasteiger partial charge on any atom is 0.234 e. The van der Waals surface area contributed by atoms with Crippen molar-refractivity contribution in [1.29, 1.82) is 10.5 Å². The highest BCUT2D eigenvalue weighted by Gasteiger charge is 2.21. The highest BCUT2D eigenvalue weighted by atomic mass is 79.9. The molecule has 0 aliphatic rings. The van der Waals surface area contributed by atoms with Crippen LogP contribution in [0.2, 0.25) is 0 Å². The first-order chi connectivity index (χ1) is 13.5. The van der Waals surface area contributed by atoms with Crippen LogP contribution in [0.25, 0.3) is 10.4 Å². The van der Waals surface area contributed by atoms with Crippen molar-refractivity contribution in [3.63, 3.8) is 0 Å². The third-order valence-electron chi connectivity index (χ3n) is 3.65. The van der Waals surface area contributed by atoms with Gasteiger partial charge in [0, 0.05) is 20.6 Å². The van der Waals surface area contributed by atoms with Crippen LogP contribution < -0.4 is 11.1 Å².